The highest BCUT2D eigenvalue weighted by atomic mass is 19.1. The molecule has 1 rings (SSSR count). The Bertz CT molecular complexity index is 335. The van der Waals surface area contributed by atoms with Gasteiger partial charge in [0.1, 0.15) is 0 Å². The summed E-state index contributed by atoms with van der Waals surface area (Å²) in [5.41, 5.74) is 5.20. The molecular formula is C8H8FN3O. The molecule has 0 radical (unpaired) electrons. The summed E-state index contributed by atoms with van der Waals surface area (Å²) < 4.78 is 12.7. The molecule has 0 saturated carbocycles. The van der Waals surface area contributed by atoms with Crippen molar-refractivity contribution in [2.75, 3.05) is 0 Å². The van der Waals surface area contributed by atoms with Gasteiger partial charge in [-0.2, -0.15) is 4.39 Å². The third-order valence-corrected chi connectivity index (χ3v) is 1.25. The van der Waals surface area contributed by atoms with Gasteiger partial charge in [-0.1, -0.05) is 0 Å². The minimum absolute atomic E-state index is 0.171. The average molecular weight is 181 g/mol. The number of aromatic nitrogens is 1. The molecule has 0 aliphatic carbocycles. The molecule has 0 spiro atoms. The zero-order valence-corrected chi connectivity index (χ0v) is 6.99. The van der Waals surface area contributed by atoms with Crippen LogP contribution in [0.15, 0.2) is 12.1 Å². The summed E-state index contributed by atoms with van der Waals surface area (Å²) in [5.74, 6) is -1.60. The van der Waals surface area contributed by atoms with Crippen LogP contribution in [0.3, 0.4) is 0 Å². The minimum atomic E-state index is -0.808. The summed E-state index contributed by atoms with van der Waals surface area (Å²) in [6.07, 6.45) is 0. The van der Waals surface area contributed by atoms with E-state index in [-0.39, 0.29) is 5.56 Å². The molecule has 68 valence electrons. The van der Waals surface area contributed by atoms with E-state index in [9.17, 15) is 9.18 Å². The highest BCUT2D eigenvalue weighted by Crippen LogP contribution is 2.03. The van der Waals surface area contributed by atoms with E-state index >= 15 is 0 Å². The van der Waals surface area contributed by atoms with E-state index in [1.54, 1.807) is 6.92 Å². The molecular weight excluding hydrogens is 173 g/mol. The lowest BCUT2D eigenvalue weighted by molar-refractivity contribution is 0.0995. The largest absolute Gasteiger partial charge is 0.365 e. The molecule has 0 atom stereocenters. The number of aryl methyl sites for hydroxylation is 1. The maximum atomic E-state index is 12.7. The van der Waals surface area contributed by atoms with Crippen LogP contribution in [0, 0.1) is 24.7 Å². The summed E-state index contributed by atoms with van der Waals surface area (Å²) >= 11 is 0. The Labute approximate surface area is 74.8 Å². The standard InChI is InChI=1S/C7H7FN2O.CHN/c1-4-2-3-5(7(9)11)6(8)10-4;1-2/h2-3H,1H3,(H2,9,11);1H. The molecule has 0 fully saturated rings. The zero-order chi connectivity index (χ0) is 10.4. The topological polar surface area (TPSA) is 79.8 Å². The van der Waals surface area contributed by atoms with Crippen LogP contribution >= 0.6 is 0 Å². The number of hydrogen-bond acceptors (Lipinski definition) is 3. The van der Waals surface area contributed by atoms with E-state index in [4.69, 9.17) is 11.0 Å². The molecule has 4 nitrogen and oxygen atoms in total. The predicted molar refractivity (Wildman–Crippen MR) is 44.1 cm³/mol. The Balaban J connectivity index is 0.000000671. The summed E-state index contributed by atoms with van der Waals surface area (Å²) in [6, 6.07) is 2.85. The Kier molecular flexibility index (Phi) is 4.10. The fourth-order valence-corrected chi connectivity index (χ4v) is 0.709. The Morgan fingerprint density at radius 3 is 2.54 bits per heavy atom. The molecule has 1 heterocycles. The lowest BCUT2D eigenvalue weighted by Crippen LogP contribution is -2.14. The number of hydrogen-bond donors (Lipinski definition) is 1. The van der Waals surface area contributed by atoms with Gasteiger partial charge in [0.15, 0.2) is 0 Å². The monoisotopic (exact) mass is 181 g/mol. The number of carbonyl (C=O) groups is 1. The van der Waals surface area contributed by atoms with Gasteiger partial charge >= 0.3 is 0 Å². The first-order chi connectivity index (χ1) is 6.11. The van der Waals surface area contributed by atoms with Crippen LogP contribution in [-0.4, -0.2) is 10.9 Å². The second-order valence-corrected chi connectivity index (χ2v) is 2.16. The Hall–Kier alpha value is -1.96. The normalized spacial score (nSPS) is 8.31. The van der Waals surface area contributed by atoms with Crippen LogP contribution < -0.4 is 5.73 Å². The second kappa shape index (κ2) is 4.83. The van der Waals surface area contributed by atoms with Gasteiger partial charge < -0.3 is 5.73 Å². The van der Waals surface area contributed by atoms with Gasteiger partial charge in [0, 0.05) is 12.3 Å². The van der Waals surface area contributed by atoms with E-state index in [0.29, 0.717) is 5.69 Å². The van der Waals surface area contributed by atoms with Gasteiger partial charge in [0.05, 0.1) is 5.56 Å². The van der Waals surface area contributed by atoms with Crippen LogP contribution in [0.5, 0.6) is 0 Å². The van der Waals surface area contributed by atoms with Crippen LogP contribution in [-0.2, 0) is 0 Å². The molecule has 5 heteroatoms. The SMILES string of the molecule is C#N.Cc1ccc(C(N)=O)c(F)n1. The first-order valence-corrected chi connectivity index (χ1v) is 3.30. The number of amides is 1. The highest BCUT2D eigenvalue weighted by Gasteiger charge is 2.07. The summed E-state index contributed by atoms with van der Waals surface area (Å²) in [5, 5.41) is 6.50. The average Bonchev–Trinajstić information content (AvgIpc) is 2.07. The Morgan fingerprint density at radius 1 is 1.62 bits per heavy atom. The maximum Gasteiger partial charge on any atom is 0.253 e. The first kappa shape index (κ1) is 11.0. The van der Waals surface area contributed by atoms with Crippen LogP contribution in [0.1, 0.15) is 16.1 Å². The van der Waals surface area contributed by atoms with Crippen molar-refractivity contribution in [1.82, 2.24) is 4.98 Å². The summed E-state index contributed by atoms with van der Waals surface area (Å²) in [6.45, 7) is 5.13. The van der Waals surface area contributed by atoms with Crippen LogP contribution in [0.25, 0.3) is 0 Å². The fraction of sp³-hybridized carbons (Fsp3) is 0.125. The van der Waals surface area contributed by atoms with Crippen LogP contribution in [0.2, 0.25) is 0 Å². The highest BCUT2D eigenvalue weighted by molar-refractivity contribution is 5.92. The number of carbonyl (C=O) groups excluding carboxylic acids is 1. The number of pyridine rings is 1. The molecule has 2 N–H and O–H groups in total. The van der Waals surface area contributed by atoms with E-state index in [1.165, 1.54) is 12.1 Å². The van der Waals surface area contributed by atoms with Gasteiger partial charge in [-0.15, -0.1) is 0 Å². The van der Waals surface area contributed by atoms with Gasteiger partial charge in [-0.05, 0) is 19.1 Å². The molecule has 0 bridgehead atoms. The third kappa shape index (κ3) is 2.87. The summed E-state index contributed by atoms with van der Waals surface area (Å²) in [4.78, 5) is 13.9. The molecule has 1 amide bonds. The van der Waals surface area contributed by atoms with E-state index in [0.717, 1.165) is 0 Å². The molecule has 1 aromatic rings. The summed E-state index contributed by atoms with van der Waals surface area (Å²) in [7, 11) is 0. The number of halogens is 1. The van der Waals surface area contributed by atoms with E-state index < -0.39 is 11.9 Å². The molecule has 0 aliphatic heterocycles. The van der Waals surface area contributed by atoms with Crippen molar-refractivity contribution in [3.63, 3.8) is 0 Å². The molecule has 13 heavy (non-hydrogen) atoms. The second-order valence-electron chi connectivity index (χ2n) is 2.16. The third-order valence-electron chi connectivity index (χ3n) is 1.25. The number of nitriles is 1. The quantitative estimate of drug-likeness (QED) is 0.649. The zero-order valence-electron chi connectivity index (χ0n) is 6.99. The fourth-order valence-electron chi connectivity index (χ4n) is 0.709. The van der Waals surface area contributed by atoms with Crippen LogP contribution in [0.4, 0.5) is 4.39 Å². The van der Waals surface area contributed by atoms with Crippen molar-refractivity contribution >= 4 is 5.91 Å². The van der Waals surface area contributed by atoms with Gasteiger partial charge in [0.25, 0.3) is 5.91 Å². The van der Waals surface area contributed by atoms with Gasteiger partial charge in [-0.25, -0.2) is 10.2 Å². The number of nitrogens with two attached hydrogens (primary N) is 1. The number of nitrogens with zero attached hydrogens (tertiary/aromatic N) is 2. The van der Waals surface area contributed by atoms with Crippen molar-refractivity contribution in [2.24, 2.45) is 5.73 Å². The van der Waals surface area contributed by atoms with Crippen molar-refractivity contribution in [1.29, 1.82) is 5.26 Å². The predicted octanol–water partition coefficient (Wildman–Crippen LogP) is 0.768. The minimum Gasteiger partial charge on any atom is -0.365 e. The van der Waals surface area contributed by atoms with E-state index in [1.807, 2.05) is 0 Å². The smallest absolute Gasteiger partial charge is 0.253 e. The maximum absolute atomic E-state index is 12.7. The van der Waals surface area contributed by atoms with Crippen molar-refractivity contribution < 1.29 is 9.18 Å². The molecule has 0 aliphatic rings. The Morgan fingerprint density at radius 2 is 2.15 bits per heavy atom. The number of primary amides is 1. The molecule has 0 aromatic carbocycles. The van der Waals surface area contributed by atoms with Gasteiger partial charge in [-0.3, -0.25) is 4.79 Å². The molecule has 0 saturated heterocycles. The van der Waals surface area contributed by atoms with Gasteiger partial charge in [0.2, 0.25) is 5.95 Å². The molecule has 1 aromatic heterocycles. The van der Waals surface area contributed by atoms with Crippen molar-refractivity contribution in [2.45, 2.75) is 6.92 Å². The lowest BCUT2D eigenvalue weighted by atomic mass is 10.2. The number of rotatable bonds is 1. The first-order valence-electron chi connectivity index (χ1n) is 3.30. The van der Waals surface area contributed by atoms with Crippen molar-refractivity contribution in [3.8, 4) is 6.57 Å². The van der Waals surface area contributed by atoms with Crippen molar-refractivity contribution in [3.05, 3.63) is 29.3 Å². The van der Waals surface area contributed by atoms with E-state index in [2.05, 4.69) is 11.6 Å². The molecule has 0 unspecified atom stereocenters. The lowest BCUT2D eigenvalue weighted by Gasteiger charge is -1.96.